The van der Waals surface area contributed by atoms with Crippen LogP contribution in [0.25, 0.3) is 0 Å². The molecule has 0 heterocycles. The minimum absolute atomic E-state index is 0.146. The molecular weight excluding hydrogens is 472 g/mol. The molecule has 0 aliphatic heterocycles. The Morgan fingerprint density at radius 3 is 2.06 bits per heavy atom. The van der Waals surface area contributed by atoms with Gasteiger partial charge in [-0.3, -0.25) is 9.10 Å². The van der Waals surface area contributed by atoms with Gasteiger partial charge in [0.25, 0.3) is 5.91 Å². The lowest BCUT2D eigenvalue weighted by molar-refractivity contribution is 0.0940. The molecule has 1 unspecified atom stereocenters. The first-order valence-electron chi connectivity index (χ1n) is 10.6. The van der Waals surface area contributed by atoms with E-state index in [1.807, 2.05) is 32.0 Å². The fourth-order valence-electron chi connectivity index (χ4n) is 3.48. The van der Waals surface area contributed by atoms with Crippen molar-refractivity contribution in [2.24, 2.45) is 0 Å². The van der Waals surface area contributed by atoms with E-state index < -0.39 is 19.9 Å². The van der Waals surface area contributed by atoms with E-state index in [1.165, 1.54) is 22.7 Å². The van der Waals surface area contributed by atoms with Crippen LogP contribution in [0, 0.1) is 6.92 Å². The molecule has 3 aromatic rings. The van der Waals surface area contributed by atoms with E-state index in [9.17, 15) is 21.6 Å². The third-order valence-corrected chi connectivity index (χ3v) is 7.66. The number of aryl methyl sites for hydroxylation is 1. The molecular formula is C25H28N2O5S2. The van der Waals surface area contributed by atoms with Gasteiger partial charge in [0.05, 0.1) is 29.4 Å². The fourth-order valence-corrected chi connectivity index (χ4v) is 4.99. The second-order valence-electron chi connectivity index (χ2n) is 8.34. The van der Waals surface area contributed by atoms with Gasteiger partial charge in [-0.2, -0.15) is 0 Å². The first-order chi connectivity index (χ1) is 15.8. The van der Waals surface area contributed by atoms with Crippen LogP contribution < -0.4 is 9.62 Å². The van der Waals surface area contributed by atoms with Crippen LogP contribution in [0.15, 0.2) is 77.7 Å². The maximum atomic E-state index is 12.7. The van der Waals surface area contributed by atoms with Crippen molar-refractivity contribution in [3.8, 4) is 0 Å². The number of carbonyl (C=O) groups is 1. The number of anilines is 1. The number of amides is 1. The van der Waals surface area contributed by atoms with Gasteiger partial charge >= 0.3 is 0 Å². The van der Waals surface area contributed by atoms with Gasteiger partial charge in [-0.05, 0) is 66.9 Å². The van der Waals surface area contributed by atoms with Crippen molar-refractivity contribution in [2.75, 3.05) is 16.8 Å². The second-order valence-corrected chi connectivity index (χ2v) is 12.3. The molecule has 0 fully saturated rings. The van der Waals surface area contributed by atoms with Crippen molar-refractivity contribution in [1.82, 2.24) is 5.32 Å². The quantitative estimate of drug-likeness (QED) is 0.506. The molecule has 1 amide bonds. The van der Waals surface area contributed by atoms with E-state index in [-0.39, 0.29) is 23.4 Å². The number of rotatable bonds is 8. The van der Waals surface area contributed by atoms with Crippen molar-refractivity contribution in [2.45, 2.75) is 31.3 Å². The summed E-state index contributed by atoms with van der Waals surface area (Å²) in [7, 11) is -6.78. The minimum atomic E-state index is -3.50. The van der Waals surface area contributed by atoms with E-state index >= 15 is 0 Å². The highest BCUT2D eigenvalue weighted by atomic mass is 32.2. The Kier molecular flexibility index (Phi) is 7.48. The summed E-state index contributed by atoms with van der Waals surface area (Å²) in [6, 6.07) is 20.1. The normalized spacial score (nSPS) is 12.7. The molecule has 0 saturated heterocycles. The summed E-state index contributed by atoms with van der Waals surface area (Å²) in [5.41, 5.74) is 3.50. The molecule has 0 radical (unpaired) electrons. The molecule has 0 bridgehead atoms. The summed E-state index contributed by atoms with van der Waals surface area (Å²) in [5.74, 6) is -0.287. The molecule has 0 spiro atoms. The Morgan fingerprint density at radius 2 is 1.53 bits per heavy atom. The van der Waals surface area contributed by atoms with Gasteiger partial charge < -0.3 is 5.32 Å². The van der Waals surface area contributed by atoms with E-state index in [0.29, 0.717) is 11.3 Å². The van der Waals surface area contributed by atoms with Crippen molar-refractivity contribution in [1.29, 1.82) is 0 Å². The van der Waals surface area contributed by atoms with Crippen LogP contribution in [0.4, 0.5) is 5.69 Å². The van der Waals surface area contributed by atoms with Gasteiger partial charge in [-0.15, -0.1) is 0 Å². The Bertz CT molecular complexity index is 1380. The number of carbonyl (C=O) groups excluding carboxylic acids is 1. The van der Waals surface area contributed by atoms with Gasteiger partial charge in [0, 0.05) is 11.8 Å². The molecule has 1 N–H and O–H groups in total. The zero-order valence-electron chi connectivity index (χ0n) is 19.5. The summed E-state index contributed by atoms with van der Waals surface area (Å²) in [6.07, 6.45) is 2.31. The number of nitrogens with one attached hydrogen (secondary N) is 1. The Balaban J connectivity index is 1.71. The Morgan fingerprint density at radius 1 is 0.912 bits per heavy atom. The van der Waals surface area contributed by atoms with Crippen LogP contribution >= 0.6 is 0 Å². The van der Waals surface area contributed by atoms with Gasteiger partial charge in [-0.25, -0.2) is 16.8 Å². The highest BCUT2D eigenvalue weighted by molar-refractivity contribution is 7.92. The molecule has 0 aliphatic carbocycles. The van der Waals surface area contributed by atoms with E-state index in [2.05, 4.69) is 5.32 Å². The summed E-state index contributed by atoms with van der Waals surface area (Å²) >= 11 is 0. The first-order valence-corrected chi connectivity index (χ1v) is 14.3. The molecule has 0 saturated carbocycles. The molecule has 34 heavy (non-hydrogen) atoms. The third-order valence-electron chi connectivity index (χ3n) is 5.39. The monoisotopic (exact) mass is 500 g/mol. The van der Waals surface area contributed by atoms with Crippen LogP contribution in [0.3, 0.4) is 0 Å². The van der Waals surface area contributed by atoms with Crippen molar-refractivity contribution in [3.63, 3.8) is 0 Å². The van der Waals surface area contributed by atoms with E-state index in [0.717, 1.165) is 22.9 Å². The van der Waals surface area contributed by atoms with E-state index in [1.54, 1.807) is 42.5 Å². The van der Waals surface area contributed by atoms with Gasteiger partial charge in [-0.1, -0.05) is 36.4 Å². The van der Waals surface area contributed by atoms with Crippen LogP contribution in [0.5, 0.6) is 0 Å². The maximum absolute atomic E-state index is 12.7. The number of sulfone groups is 1. The maximum Gasteiger partial charge on any atom is 0.251 e. The highest BCUT2D eigenvalue weighted by Crippen LogP contribution is 2.22. The Hall–Kier alpha value is -3.17. The predicted octanol–water partition coefficient (Wildman–Crippen LogP) is 3.86. The van der Waals surface area contributed by atoms with Crippen LogP contribution in [0.1, 0.15) is 40.0 Å². The largest absolute Gasteiger partial charge is 0.346 e. The molecule has 0 aliphatic rings. The van der Waals surface area contributed by atoms with Gasteiger partial charge in [0.1, 0.15) is 0 Å². The van der Waals surface area contributed by atoms with Gasteiger partial charge in [0.2, 0.25) is 10.0 Å². The zero-order valence-corrected chi connectivity index (χ0v) is 21.2. The summed E-state index contributed by atoms with van der Waals surface area (Å²) in [5, 5.41) is 2.89. The Labute approximate surface area is 201 Å². The van der Waals surface area contributed by atoms with Crippen LogP contribution in [-0.2, 0) is 26.4 Å². The molecule has 3 aromatic carbocycles. The minimum Gasteiger partial charge on any atom is -0.346 e. The predicted molar refractivity (Wildman–Crippen MR) is 134 cm³/mol. The average molecular weight is 501 g/mol. The number of hydrogen-bond donors (Lipinski definition) is 1. The SMILES string of the molecule is Cc1cccc(N(Cc2ccc(C(=O)NC(C)c3ccc(S(C)(=O)=O)cc3)cc2)S(C)(=O)=O)c1. The lowest BCUT2D eigenvalue weighted by atomic mass is 10.1. The molecule has 0 aromatic heterocycles. The fraction of sp³-hybridized carbons (Fsp3) is 0.240. The summed E-state index contributed by atoms with van der Waals surface area (Å²) in [6.45, 7) is 3.86. The highest BCUT2D eigenvalue weighted by Gasteiger charge is 2.19. The molecule has 180 valence electrons. The molecule has 7 nitrogen and oxygen atoms in total. The lowest BCUT2D eigenvalue weighted by Crippen LogP contribution is -2.29. The first kappa shape index (κ1) is 25.5. The van der Waals surface area contributed by atoms with Gasteiger partial charge in [0.15, 0.2) is 9.84 Å². The molecule has 1 atom stereocenters. The number of nitrogens with zero attached hydrogens (tertiary/aromatic N) is 1. The topological polar surface area (TPSA) is 101 Å². The summed E-state index contributed by atoms with van der Waals surface area (Å²) in [4.78, 5) is 12.9. The average Bonchev–Trinajstić information content (AvgIpc) is 2.76. The van der Waals surface area contributed by atoms with Crippen molar-refractivity contribution >= 4 is 31.5 Å². The van der Waals surface area contributed by atoms with Crippen LogP contribution in [0.2, 0.25) is 0 Å². The smallest absolute Gasteiger partial charge is 0.251 e. The number of hydrogen-bond acceptors (Lipinski definition) is 5. The third kappa shape index (κ3) is 6.45. The standard InChI is InChI=1S/C25H28N2O5S2/c1-18-6-5-7-23(16-18)27(34(4,31)32)17-20-8-10-22(11-9-20)25(28)26-19(2)21-12-14-24(15-13-21)33(3,29)30/h5-16,19H,17H2,1-4H3,(H,26,28). The molecule has 9 heteroatoms. The number of sulfonamides is 1. The number of benzene rings is 3. The summed E-state index contributed by atoms with van der Waals surface area (Å²) < 4.78 is 49.3. The van der Waals surface area contributed by atoms with Crippen molar-refractivity contribution < 1.29 is 21.6 Å². The van der Waals surface area contributed by atoms with E-state index in [4.69, 9.17) is 0 Å². The zero-order chi connectivity index (χ0) is 25.1. The van der Waals surface area contributed by atoms with Crippen LogP contribution in [-0.4, -0.2) is 35.3 Å². The lowest BCUT2D eigenvalue weighted by Gasteiger charge is -2.23. The molecule has 3 rings (SSSR count). The van der Waals surface area contributed by atoms with Crippen molar-refractivity contribution in [3.05, 3.63) is 95.1 Å². The second kappa shape index (κ2) is 9.99.